The topological polar surface area (TPSA) is 65.0 Å². The summed E-state index contributed by atoms with van der Waals surface area (Å²) in [7, 11) is 0. The first kappa shape index (κ1) is 12.5. The van der Waals surface area contributed by atoms with E-state index in [4.69, 9.17) is 0 Å². The minimum Gasteiger partial charge on any atom is -0.455 e. The van der Waals surface area contributed by atoms with Crippen molar-refractivity contribution in [3.05, 3.63) is 29.7 Å². The highest BCUT2D eigenvalue weighted by Gasteiger charge is 2.15. The number of nitrogens with zero attached hydrogens (tertiary/aromatic N) is 3. The van der Waals surface area contributed by atoms with E-state index in [1.807, 2.05) is 0 Å². The number of rotatable bonds is 4. The summed E-state index contributed by atoms with van der Waals surface area (Å²) in [6, 6.07) is 0. The van der Waals surface area contributed by atoms with Gasteiger partial charge in [-0.2, -0.15) is 0 Å². The average Bonchev–Trinajstić information content (AvgIpc) is 2.86. The first-order valence-corrected chi connectivity index (χ1v) is 5.72. The molecule has 2 rings (SSSR count). The van der Waals surface area contributed by atoms with Crippen LogP contribution in [0, 0.1) is 0 Å². The molecule has 2 aromatic heterocycles. The predicted molar refractivity (Wildman–Crippen MR) is 59.4 cm³/mol. The van der Waals surface area contributed by atoms with E-state index >= 15 is 0 Å². The molecule has 0 saturated heterocycles. The van der Waals surface area contributed by atoms with Crippen LogP contribution in [0.5, 0.6) is 0 Å². The van der Waals surface area contributed by atoms with Gasteiger partial charge in [-0.05, 0) is 0 Å². The Morgan fingerprint density at radius 2 is 2.28 bits per heavy atom. The zero-order chi connectivity index (χ0) is 13.0. The number of halogens is 2. The highest BCUT2D eigenvalue weighted by atomic mass is 32.1. The van der Waals surface area contributed by atoms with E-state index in [-0.39, 0.29) is 5.69 Å². The first-order chi connectivity index (χ1) is 8.66. The minimum atomic E-state index is -2.69. The number of ether oxygens (including phenoxy) is 1. The van der Waals surface area contributed by atoms with Crippen LogP contribution in [-0.2, 0) is 4.74 Å². The van der Waals surface area contributed by atoms with Gasteiger partial charge in [-0.3, -0.25) is 9.97 Å². The lowest BCUT2D eigenvalue weighted by Gasteiger charge is -2.00. The number of hydrogen-bond donors (Lipinski definition) is 0. The fourth-order valence-corrected chi connectivity index (χ4v) is 1.86. The third kappa shape index (κ3) is 3.04. The van der Waals surface area contributed by atoms with Crippen LogP contribution in [0.4, 0.5) is 8.78 Å². The Morgan fingerprint density at radius 3 is 2.94 bits per heavy atom. The molecule has 94 valence electrons. The standard InChI is InChI=1S/C10H7F2N3O2S/c11-8(12)4-17-10(16)7-5-18-9(15-7)6-3-13-1-2-14-6/h1-3,5,8H,4H2. The minimum absolute atomic E-state index is 0.0127. The summed E-state index contributed by atoms with van der Waals surface area (Å²) in [5, 5.41) is 1.91. The molecule has 0 amide bonds. The zero-order valence-electron chi connectivity index (χ0n) is 8.92. The molecule has 0 saturated carbocycles. The smallest absolute Gasteiger partial charge is 0.358 e. The monoisotopic (exact) mass is 271 g/mol. The van der Waals surface area contributed by atoms with Gasteiger partial charge in [0, 0.05) is 17.8 Å². The van der Waals surface area contributed by atoms with Gasteiger partial charge >= 0.3 is 5.97 Å². The van der Waals surface area contributed by atoms with Crippen LogP contribution < -0.4 is 0 Å². The van der Waals surface area contributed by atoms with Gasteiger partial charge in [-0.1, -0.05) is 0 Å². The normalized spacial score (nSPS) is 10.6. The van der Waals surface area contributed by atoms with Gasteiger partial charge in [0.2, 0.25) is 0 Å². The number of thiazole rings is 1. The Balaban J connectivity index is 2.09. The Morgan fingerprint density at radius 1 is 1.44 bits per heavy atom. The molecule has 2 aromatic rings. The molecule has 0 fully saturated rings. The molecule has 2 heterocycles. The number of carbonyl (C=O) groups excluding carboxylic acids is 1. The van der Waals surface area contributed by atoms with E-state index in [9.17, 15) is 13.6 Å². The van der Waals surface area contributed by atoms with Crippen molar-refractivity contribution in [1.29, 1.82) is 0 Å². The Hall–Kier alpha value is -1.96. The van der Waals surface area contributed by atoms with Gasteiger partial charge in [0.05, 0.1) is 6.20 Å². The van der Waals surface area contributed by atoms with E-state index in [1.165, 1.54) is 24.0 Å². The fourth-order valence-electron chi connectivity index (χ4n) is 1.11. The summed E-state index contributed by atoms with van der Waals surface area (Å²) in [6.45, 7) is -0.934. The molecule has 0 aromatic carbocycles. The molecule has 0 unspecified atom stereocenters. The van der Waals surface area contributed by atoms with Crippen molar-refractivity contribution in [2.24, 2.45) is 0 Å². The van der Waals surface area contributed by atoms with E-state index in [1.54, 1.807) is 0 Å². The second kappa shape index (κ2) is 5.58. The maximum Gasteiger partial charge on any atom is 0.358 e. The van der Waals surface area contributed by atoms with Gasteiger partial charge < -0.3 is 4.74 Å². The number of alkyl halides is 2. The van der Waals surface area contributed by atoms with Crippen molar-refractivity contribution in [3.8, 4) is 10.7 Å². The lowest BCUT2D eigenvalue weighted by molar-refractivity contribution is 0.0155. The van der Waals surface area contributed by atoms with Gasteiger partial charge in [-0.25, -0.2) is 18.6 Å². The SMILES string of the molecule is O=C(OCC(F)F)c1csc(-c2cnccn2)n1. The second-order valence-corrected chi connectivity index (χ2v) is 3.98. The molecule has 0 aliphatic rings. The molecule has 0 bridgehead atoms. The van der Waals surface area contributed by atoms with E-state index in [0.29, 0.717) is 10.7 Å². The van der Waals surface area contributed by atoms with Crippen LogP contribution in [0.2, 0.25) is 0 Å². The first-order valence-electron chi connectivity index (χ1n) is 4.84. The summed E-state index contributed by atoms with van der Waals surface area (Å²) >= 11 is 1.16. The Kier molecular flexibility index (Phi) is 3.88. The Labute approximate surface area is 104 Å². The Bertz CT molecular complexity index is 533. The highest BCUT2D eigenvalue weighted by molar-refractivity contribution is 7.13. The molecule has 0 aliphatic carbocycles. The molecular formula is C10H7F2N3O2S. The van der Waals surface area contributed by atoms with Crippen LogP contribution in [0.1, 0.15) is 10.5 Å². The largest absolute Gasteiger partial charge is 0.455 e. The van der Waals surface area contributed by atoms with Crippen molar-refractivity contribution in [1.82, 2.24) is 15.0 Å². The third-order valence-electron chi connectivity index (χ3n) is 1.84. The number of carbonyl (C=O) groups is 1. The van der Waals surface area contributed by atoms with Crippen LogP contribution >= 0.6 is 11.3 Å². The average molecular weight is 271 g/mol. The molecule has 0 radical (unpaired) electrons. The summed E-state index contributed by atoms with van der Waals surface area (Å²) < 4.78 is 28.1. The molecule has 8 heteroatoms. The number of esters is 1. The third-order valence-corrected chi connectivity index (χ3v) is 2.70. The van der Waals surface area contributed by atoms with E-state index in [0.717, 1.165) is 11.3 Å². The molecular weight excluding hydrogens is 264 g/mol. The van der Waals surface area contributed by atoms with Gasteiger partial charge in [0.1, 0.15) is 10.7 Å². The molecule has 0 N–H and O–H groups in total. The second-order valence-electron chi connectivity index (χ2n) is 3.12. The van der Waals surface area contributed by atoms with Gasteiger partial charge in [0.25, 0.3) is 6.43 Å². The summed E-state index contributed by atoms with van der Waals surface area (Å²) in [5.41, 5.74) is 0.497. The lowest BCUT2D eigenvalue weighted by atomic mass is 10.4. The van der Waals surface area contributed by atoms with Gasteiger partial charge in [-0.15, -0.1) is 11.3 Å². The lowest BCUT2D eigenvalue weighted by Crippen LogP contribution is -2.11. The molecule has 18 heavy (non-hydrogen) atoms. The summed E-state index contributed by atoms with van der Waals surface area (Å²) in [6.07, 6.45) is 1.81. The molecule has 0 spiro atoms. The number of hydrogen-bond acceptors (Lipinski definition) is 6. The van der Waals surface area contributed by atoms with Crippen LogP contribution in [0.3, 0.4) is 0 Å². The van der Waals surface area contributed by atoms with Crippen LogP contribution in [-0.4, -0.2) is 34.0 Å². The maximum absolute atomic E-state index is 11.9. The molecule has 0 atom stereocenters. The zero-order valence-corrected chi connectivity index (χ0v) is 9.73. The van der Waals surface area contributed by atoms with Crippen molar-refractivity contribution in [3.63, 3.8) is 0 Å². The maximum atomic E-state index is 11.9. The fraction of sp³-hybridized carbons (Fsp3) is 0.200. The van der Waals surface area contributed by atoms with Gasteiger partial charge in [0.15, 0.2) is 12.3 Å². The van der Waals surface area contributed by atoms with Crippen LogP contribution in [0.25, 0.3) is 10.7 Å². The van der Waals surface area contributed by atoms with Crippen molar-refractivity contribution < 1.29 is 18.3 Å². The quantitative estimate of drug-likeness (QED) is 0.796. The van der Waals surface area contributed by atoms with Crippen molar-refractivity contribution >= 4 is 17.3 Å². The predicted octanol–water partition coefficient (Wildman–Crippen LogP) is 2.02. The van der Waals surface area contributed by atoms with E-state index in [2.05, 4.69) is 19.7 Å². The molecule has 0 aliphatic heterocycles. The summed E-state index contributed by atoms with van der Waals surface area (Å²) in [5.74, 6) is -0.873. The molecule has 5 nitrogen and oxygen atoms in total. The van der Waals surface area contributed by atoms with Crippen LogP contribution in [0.15, 0.2) is 24.0 Å². The summed E-state index contributed by atoms with van der Waals surface area (Å²) in [4.78, 5) is 23.2. The van der Waals surface area contributed by atoms with Crippen molar-refractivity contribution in [2.45, 2.75) is 6.43 Å². The number of aromatic nitrogens is 3. The van der Waals surface area contributed by atoms with E-state index < -0.39 is 19.0 Å². The highest BCUT2D eigenvalue weighted by Crippen LogP contribution is 2.21. The van der Waals surface area contributed by atoms with Crippen molar-refractivity contribution in [2.75, 3.05) is 6.61 Å².